The van der Waals surface area contributed by atoms with Crippen molar-refractivity contribution in [1.29, 1.82) is 0 Å². The summed E-state index contributed by atoms with van der Waals surface area (Å²) in [5.74, 6) is 0. The molecule has 0 aromatic heterocycles. The molecule has 106 valence electrons. The molecular formula is C13H20N2O3S. The summed E-state index contributed by atoms with van der Waals surface area (Å²) in [6, 6.07) is 6.33. The molecule has 1 fully saturated rings. The molecular weight excluding hydrogens is 264 g/mol. The molecule has 1 saturated carbocycles. The second kappa shape index (κ2) is 5.48. The highest BCUT2D eigenvalue weighted by Gasteiger charge is 2.31. The summed E-state index contributed by atoms with van der Waals surface area (Å²) >= 11 is 0. The summed E-state index contributed by atoms with van der Waals surface area (Å²) in [5.41, 5.74) is 0.532. The average molecular weight is 284 g/mol. The summed E-state index contributed by atoms with van der Waals surface area (Å²) in [4.78, 5) is 0.0970. The van der Waals surface area contributed by atoms with Gasteiger partial charge in [-0.15, -0.1) is 0 Å². The number of hydrogen-bond donors (Lipinski definition) is 3. The lowest BCUT2D eigenvalue weighted by Gasteiger charge is -2.37. The Morgan fingerprint density at radius 3 is 2.21 bits per heavy atom. The quantitative estimate of drug-likeness (QED) is 0.780. The highest BCUT2D eigenvalue weighted by atomic mass is 32.2. The SMILES string of the molecule is NS(=O)(=O)c1ccc(NC2(CO)CCCCC2)cc1. The lowest BCUT2D eigenvalue weighted by molar-refractivity contribution is 0.173. The number of nitrogens with two attached hydrogens (primary N) is 1. The van der Waals surface area contributed by atoms with E-state index >= 15 is 0 Å². The van der Waals surface area contributed by atoms with Crippen molar-refractivity contribution >= 4 is 15.7 Å². The predicted molar refractivity (Wildman–Crippen MR) is 74.3 cm³/mol. The first-order valence-corrected chi connectivity index (χ1v) is 8.02. The van der Waals surface area contributed by atoms with Crippen molar-refractivity contribution in [3.05, 3.63) is 24.3 Å². The molecule has 0 atom stereocenters. The zero-order valence-corrected chi connectivity index (χ0v) is 11.6. The molecule has 0 unspecified atom stereocenters. The van der Waals surface area contributed by atoms with E-state index in [0.29, 0.717) is 0 Å². The van der Waals surface area contributed by atoms with Crippen molar-refractivity contribution in [1.82, 2.24) is 0 Å². The minimum atomic E-state index is -3.65. The molecule has 19 heavy (non-hydrogen) atoms. The highest BCUT2D eigenvalue weighted by Crippen LogP contribution is 2.31. The average Bonchev–Trinajstić information content (AvgIpc) is 2.39. The van der Waals surface area contributed by atoms with Gasteiger partial charge in [-0.1, -0.05) is 19.3 Å². The number of aliphatic hydroxyl groups is 1. The van der Waals surface area contributed by atoms with Crippen LogP contribution in [-0.4, -0.2) is 25.7 Å². The fourth-order valence-electron chi connectivity index (χ4n) is 2.59. The number of hydrogen-bond acceptors (Lipinski definition) is 4. The van der Waals surface area contributed by atoms with Crippen LogP contribution in [0.3, 0.4) is 0 Å². The van der Waals surface area contributed by atoms with Gasteiger partial charge in [-0.05, 0) is 37.1 Å². The zero-order valence-electron chi connectivity index (χ0n) is 10.8. The van der Waals surface area contributed by atoms with Crippen LogP contribution in [0.4, 0.5) is 5.69 Å². The van der Waals surface area contributed by atoms with Gasteiger partial charge in [0.15, 0.2) is 0 Å². The third-order valence-electron chi connectivity index (χ3n) is 3.71. The Labute approximate surface area is 113 Å². The number of aliphatic hydroxyl groups excluding tert-OH is 1. The number of anilines is 1. The van der Waals surface area contributed by atoms with Crippen molar-refractivity contribution in [3.8, 4) is 0 Å². The van der Waals surface area contributed by atoms with Gasteiger partial charge in [0.1, 0.15) is 0 Å². The molecule has 4 N–H and O–H groups in total. The van der Waals surface area contributed by atoms with E-state index in [4.69, 9.17) is 5.14 Å². The Kier molecular flexibility index (Phi) is 4.13. The molecule has 0 radical (unpaired) electrons. The van der Waals surface area contributed by atoms with Gasteiger partial charge >= 0.3 is 0 Å². The molecule has 0 heterocycles. The topological polar surface area (TPSA) is 92.4 Å². The number of rotatable bonds is 4. The monoisotopic (exact) mass is 284 g/mol. The first kappa shape index (κ1) is 14.3. The van der Waals surface area contributed by atoms with Gasteiger partial charge in [0.2, 0.25) is 10.0 Å². The van der Waals surface area contributed by atoms with Crippen LogP contribution >= 0.6 is 0 Å². The van der Waals surface area contributed by atoms with Gasteiger partial charge in [-0.3, -0.25) is 0 Å². The van der Waals surface area contributed by atoms with Crippen molar-refractivity contribution < 1.29 is 13.5 Å². The molecule has 1 aromatic carbocycles. The van der Waals surface area contributed by atoms with Crippen LogP contribution in [-0.2, 0) is 10.0 Å². The number of nitrogens with one attached hydrogen (secondary N) is 1. The van der Waals surface area contributed by atoms with E-state index in [1.165, 1.54) is 18.6 Å². The summed E-state index contributed by atoms with van der Waals surface area (Å²) in [7, 11) is -3.65. The normalized spacial score (nSPS) is 19.1. The van der Waals surface area contributed by atoms with Crippen molar-refractivity contribution in [2.75, 3.05) is 11.9 Å². The van der Waals surface area contributed by atoms with Crippen LogP contribution in [0.5, 0.6) is 0 Å². The summed E-state index contributed by atoms with van der Waals surface area (Å²) in [6.07, 6.45) is 5.26. The smallest absolute Gasteiger partial charge is 0.238 e. The number of primary sulfonamides is 1. The van der Waals surface area contributed by atoms with E-state index in [1.807, 2.05) is 0 Å². The molecule has 1 aliphatic rings. The van der Waals surface area contributed by atoms with Crippen LogP contribution in [0.1, 0.15) is 32.1 Å². The van der Waals surface area contributed by atoms with Gasteiger partial charge in [0.25, 0.3) is 0 Å². The predicted octanol–water partition coefficient (Wildman–Crippen LogP) is 1.44. The molecule has 0 spiro atoms. The lowest BCUT2D eigenvalue weighted by Crippen LogP contribution is -2.43. The van der Waals surface area contributed by atoms with Crippen molar-refractivity contribution in [3.63, 3.8) is 0 Å². The number of sulfonamides is 1. The number of benzene rings is 1. The standard InChI is InChI=1S/C13H20N2O3S/c14-19(17,18)12-6-4-11(5-7-12)15-13(10-16)8-2-1-3-9-13/h4-7,15-16H,1-3,8-10H2,(H2,14,17,18). The van der Waals surface area contributed by atoms with Gasteiger partial charge in [-0.25, -0.2) is 13.6 Å². The van der Waals surface area contributed by atoms with E-state index in [2.05, 4.69) is 5.32 Å². The molecule has 1 aromatic rings. The Morgan fingerprint density at radius 1 is 1.16 bits per heavy atom. The Bertz CT molecular complexity index is 519. The van der Waals surface area contributed by atoms with Gasteiger partial charge in [-0.2, -0.15) is 0 Å². The second-order valence-electron chi connectivity index (χ2n) is 5.19. The van der Waals surface area contributed by atoms with Crippen LogP contribution < -0.4 is 10.5 Å². The molecule has 2 rings (SSSR count). The van der Waals surface area contributed by atoms with E-state index < -0.39 is 10.0 Å². The lowest BCUT2D eigenvalue weighted by atomic mass is 9.82. The molecule has 5 nitrogen and oxygen atoms in total. The minimum absolute atomic E-state index is 0.0872. The highest BCUT2D eigenvalue weighted by molar-refractivity contribution is 7.89. The fourth-order valence-corrected chi connectivity index (χ4v) is 3.10. The van der Waals surface area contributed by atoms with Crippen LogP contribution in [0.15, 0.2) is 29.2 Å². The van der Waals surface area contributed by atoms with E-state index in [9.17, 15) is 13.5 Å². The molecule has 0 amide bonds. The fraction of sp³-hybridized carbons (Fsp3) is 0.538. The van der Waals surface area contributed by atoms with E-state index in [-0.39, 0.29) is 17.0 Å². The minimum Gasteiger partial charge on any atom is -0.394 e. The molecule has 0 aliphatic heterocycles. The third-order valence-corrected chi connectivity index (χ3v) is 4.63. The molecule has 1 aliphatic carbocycles. The van der Waals surface area contributed by atoms with Gasteiger partial charge in [0, 0.05) is 5.69 Å². The van der Waals surface area contributed by atoms with Crippen molar-refractivity contribution in [2.24, 2.45) is 5.14 Å². The van der Waals surface area contributed by atoms with Crippen LogP contribution in [0, 0.1) is 0 Å². The maximum atomic E-state index is 11.2. The van der Waals surface area contributed by atoms with Crippen LogP contribution in [0.25, 0.3) is 0 Å². The van der Waals surface area contributed by atoms with E-state index in [1.54, 1.807) is 12.1 Å². The summed E-state index contributed by atoms with van der Waals surface area (Å²) in [6.45, 7) is 0.0872. The van der Waals surface area contributed by atoms with Crippen LogP contribution in [0.2, 0.25) is 0 Å². The third kappa shape index (κ3) is 3.46. The Balaban J connectivity index is 2.14. The molecule has 0 bridgehead atoms. The summed E-state index contributed by atoms with van der Waals surface area (Å²) in [5, 5.41) is 18.0. The summed E-state index contributed by atoms with van der Waals surface area (Å²) < 4.78 is 22.3. The second-order valence-corrected chi connectivity index (χ2v) is 6.75. The van der Waals surface area contributed by atoms with Gasteiger partial charge < -0.3 is 10.4 Å². The van der Waals surface area contributed by atoms with Crippen molar-refractivity contribution in [2.45, 2.75) is 42.5 Å². The Hall–Kier alpha value is -1.11. The van der Waals surface area contributed by atoms with E-state index in [0.717, 1.165) is 31.4 Å². The maximum absolute atomic E-state index is 11.2. The largest absolute Gasteiger partial charge is 0.394 e. The maximum Gasteiger partial charge on any atom is 0.238 e. The van der Waals surface area contributed by atoms with Gasteiger partial charge in [0.05, 0.1) is 17.0 Å². The Morgan fingerprint density at radius 2 is 1.74 bits per heavy atom. The molecule has 0 saturated heterocycles. The molecule has 6 heteroatoms. The first-order valence-electron chi connectivity index (χ1n) is 6.47. The first-order chi connectivity index (χ1) is 8.95. The zero-order chi connectivity index (χ0) is 13.9.